The molecule has 5 nitrogen and oxygen atoms in total. The second kappa shape index (κ2) is 7.53. The van der Waals surface area contributed by atoms with Crippen molar-refractivity contribution in [3.05, 3.63) is 70.3 Å². The Morgan fingerprint density at radius 3 is 2.56 bits per heavy atom. The van der Waals surface area contributed by atoms with Crippen molar-refractivity contribution in [1.82, 2.24) is 10.4 Å². The summed E-state index contributed by atoms with van der Waals surface area (Å²) in [4.78, 5) is 26.4. The number of hydroxylamine groups is 1. The molecule has 0 aliphatic carbocycles. The largest absolute Gasteiger partial charge is 0.338 e. The van der Waals surface area contributed by atoms with Gasteiger partial charge in [0.1, 0.15) is 0 Å². The highest BCUT2D eigenvalue weighted by Gasteiger charge is 2.24. The number of hydrogen-bond donors (Lipinski definition) is 2. The van der Waals surface area contributed by atoms with Crippen LogP contribution in [-0.4, -0.2) is 28.5 Å². The van der Waals surface area contributed by atoms with Crippen LogP contribution in [-0.2, 0) is 29.6 Å². The molecule has 2 N–H and O–H groups in total. The molecule has 5 heteroatoms. The summed E-state index contributed by atoms with van der Waals surface area (Å²) in [5.74, 6) is -0.398. The molecule has 2 aromatic carbocycles. The molecule has 0 saturated heterocycles. The molecule has 1 heterocycles. The minimum absolute atomic E-state index is 0.00491. The van der Waals surface area contributed by atoms with Gasteiger partial charge in [0.2, 0.25) is 5.91 Å². The Kier molecular flexibility index (Phi) is 5.33. The molecule has 3 rings (SSSR count). The molecule has 0 bridgehead atoms. The predicted molar refractivity (Wildman–Crippen MR) is 104 cm³/mol. The summed E-state index contributed by atoms with van der Waals surface area (Å²) in [6, 6.07) is 13.5. The molecule has 2 aromatic rings. The Morgan fingerprint density at radius 2 is 1.85 bits per heavy atom. The van der Waals surface area contributed by atoms with Crippen LogP contribution in [0.2, 0.25) is 0 Å². The monoisotopic (exact) mass is 366 g/mol. The van der Waals surface area contributed by atoms with Crippen molar-refractivity contribution in [2.24, 2.45) is 0 Å². The Bertz CT molecular complexity index is 868. The van der Waals surface area contributed by atoms with Crippen molar-refractivity contribution >= 4 is 11.8 Å². The molecule has 0 saturated carbocycles. The summed E-state index contributed by atoms with van der Waals surface area (Å²) >= 11 is 0. The Labute approximate surface area is 160 Å². The van der Waals surface area contributed by atoms with Crippen molar-refractivity contribution in [2.45, 2.75) is 45.6 Å². The van der Waals surface area contributed by atoms with E-state index in [0.717, 1.165) is 16.7 Å². The van der Waals surface area contributed by atoms with Gasteiger partial charge in [0, 0.05) is 18.7 Å². The predicted octanol–water partition coefficient (Wildman–Crippen LogP) is 3.23. The van der Waals surface area contributed by atoms with E-state index in [-0.39, 0.29) is 11.3 Å². The third kappa shape index (κ3) is 4.19. The minimum Gasteiger partial charge on any atom is -0.338 e. The van der Waals surface area contributed by atoms with E-state index in [2.05, 4.69) is 26.8 Å². The van der Waals surface area contributed by atoms with Gasteiger partial charge in [-0.15, -0.1) is 0 Å². The molecular formula is C22H26N2O3. The SMILES string of the molecule is CC(C)(C)c1ccccc1CC(=O)N1CCc2cc(C(=O)NO)ccc2C1. The zero-order chi connectivity index (χ0) is 19.6. The van der Waals surface area contributed by atoms with E-state index >= 15 is 0 Å². The van der Waals surface area contributed by atoms with Crippen LogP contribution in [0.1, 0.15) is 53.4 Å². The molecule has 1 aliphatic heterocycles. The molecule has 0 unspecified atom stereocenters. The summed E-state index contributed by atoms with van der Waals surface area (Å²) in [5.41, 5.74) is 6.46. The molecular weight excluding hydrogens is 340 g/mol. The van der Waals surface area contributed by atoms with Crippen molar-refractivity contribution in [2.75, 3.05) is 6.54 Å². The van der Waals surface area contributed by atoms with E-state index < -0.39 is 5.91 Å². The lowest BCUT2D eigenvalue weighted by Gasteiger charge is -2.30. The van der Waals surface area contributed by atoms with Gasteiger partial charge in [0.15, 0.2) is 0 Å². The fourth-order valence-corrected chi connectivity index (χ4v) is 3.65. The van der Waals surface area contributed by atoms with Crippen LogP contribution in [0.4, 0.5) is 0 Å². The molecule has 2 amide bonds. The van der Waals surface area contributed by atoms with Gasteiger partial charge in [-0.1, -0.05) is 51.1 Å². The smallest absolute Gasteiger partial charge is 0.274 e. The van der Waals surface area contributed by atoms with Crippen LogP contribution < -0.4 is 5.48 Å². The highest BCUT2D eigenvalue weighted by atomic mass is 16.5. The van der Waals surface area contributed by atoms with Gasteiger partial charge in [-0.25, -0.2) is 5.48 Å². The number of carbonyl (C=O) groups excluding carboxylic acids is 2. The van der Waals surface area contributed by atoms with Crippen molar-refractivity contribution in [3.8, 4) is 0 Å². The van der Waals surface area contributed by atoms with Gasteiger partial charge in [0.05, 0.1) is 6.42 Å². The van der Waals surface area contributed by atoms with E-state index in [1.807, 2.05) is 29.2 Å². The second-order valence-electron chi connectivity index (χ2n) is 8.07. The lowest BCUT2D eigenvalue weighted by molar-refractivity contribution is -0.131. The first kappa shape index (κ1) is 19.1. The lowest BCUT2D eigenvalue weighted by Crippen LogP contribution is -2.37. The fourth-order valence-electron chi connectivity index (χ4n) is 3.65. The lowest BCUT2D eigenvalue weighted by atomic mass is 9.83. The number of nitrogens with one attached hydrogen (secondary N) is 1. The van der Waals surface area contributed by atoms with Crippen LogP contribution in [0, 0.1) is 0 Å². The van der Waals surface area contributed by atoms with Gasteiger partial charge in [-0.2, -0.15) is 0 Å². The normalized spacial score (nSPS) is 13.9. The molecule has 1 aliphatic rings. The maximum Gasteiger partial charge on any atom is 0.274 e. The van der Waals surface area contributed by atoms with Crippen LogP contribution in [0.15, 0.2) is 42.5 Å². The average Bonchev–Trinajstić information content (AvgIpc) is 2.66. The standard InChI is InChI=1S/C22H26N2O3/c1-22(2,3)19-7-5-4-6-16(19)13-20(25)24-11-10-15-12-17(21(26)23-27)8-9-18(15)14-24/h4-9,12,27H,10-11,13-14H2,1-3H3,(H,23,26). The number of benzene rings is 2. The topological polar surface area (TPSA) is 69.6 Å². The Morgan fingerprint density at radius 1 is 1.11 bits per heavy atom. The van der Waals surface area contributed by atoms with Gasteiger partial charge in [-0.3, -0.25) is 14.8 Å². The first-order chi connectivity index (χ1) is 12.8. The van der Waals surface area contributed by atoms with Gasteiger partial charge in [-0.05, 0) is 46.2 Å². The fraction of sp³-hybridized carbons (Fsp3) is 0.364. The highest BCUT2D eigenvalue weighted by Crippen LogP contribution is 2.27. The molecule has 0 radical (unpaired) electrons. The minimum atomic E-state index is -0.518. The van der Waals surface area contributed by atoms with Gasteiger partial charge < -0.3 is 4.90 Å². The molecule has 0 aromatic heterocycles. The Balaban J connectivity index is 1.75. The Hall–Kier alpha value is -2.66. The third-order valence-corrected chi connectivity index (χ3v) is 5.10. The summed E-state index contributed by atoms with van der Waals surface area (Å²) < 4.78 is 0. The van der Waals surface area contributed by atoms with Crippen molar-refractivity contribution < 1.29 is 14.8 Å². The maximum absolute atomic E-state index is 12.9. The molecule has 27 heavy (non-hydrogen) atoms. The first-order valence-electron chi connectivity index (χ1n) is 9.22. The van der Waals surface area contributed by atoms with Crippen molar-refractivity contribution in [1.29, 1.82) is 0 Å². The summed E-state index contributed by atoms with van der Waals surface area (Å²) in [5, 5.41) is 8.77. The maximum atomic E-state index is 12.9. The number of fused-ring (bicyclic) bond motifs is 1. The van der Waals surface area contributed by atoms with Crippen LogP contribution in [0.5, 0.6) is 0 Å². The number of nitrogens with zero attached hydrogens (tertiary/aromatic N) is 1. The zero-order valence-electron chi connectivity index (χ0n) is 16.1. The number of hydrogen-bond acceptors (Lipinski definition) is 3. The first-order valence-corrected chi connectivity index (χ1v) is 9.22. The van der Waals surface area contributed by atoms with Crippen LogP contribution in [0.3, 0.4) is 0 Å². The number of carbonyl (C=O) groups is 2. The van der Waals surface area contributed by atoms with E-state index in [0.29, 0.717) is 31.5 Å². The summed E-state index contributed by atoms with van der Waals surface area (Å²) in [6.45, 7) is 7.66. The molecule has 0 spiro atoms. The highest BCUT2D eigenvalue weighted by molar-refractivity contribution is 5.93. The number of amides is 2. The average molecular weight is 366 g/mol. The third-order valence-electron chi connectivity index (χ3n) is 5.10. The van der Waals surface area contributed by atoms with Gasteiger partial charge >= 0.3 is 0 Å². The van der Waals surface area contributed by atoms with Crippen molar-refractivity contribution in [3.63, 3.8) is 0 Å². The van der Waals surface area contributed by atoms with E-state index in [9.17, 15) is 9.59 Å². The van der Waals surface area contributed by atoms with E-state index in [1.54, 1.807) is 17.6 Å². The van der Waals surface area contributed by atoms with E-state index in [4.69, 9.17) is 5.21 Å². The van der Waals surface area contributed by atoms with Gasteiger partial charge in [0.25, 0.3) is 5.91 Å². The molecule has 0 atom stereocenters. The van der Waals surface area contributed by atoms with Crippen LogP contribution >= 0.6 is 0 Å². The summed E-state index contributed by atoms with van der Waals surface area (Å²) in [7, 11) is 0. The molecule has 142 valence electrons. The number of rotatable bonds is 3. The second-order valence-corrected chi connectivity index (χ2v) is 8.07. The summed E-state index contributed by atoms with van der Waals surface area (Å²) in [6.07, 6.45) is 1.10. The van der Waals surface area contributed by atoms with Crippen LogP contribution in [0.25, 0.3) is 0 Å². The van der Waals surface area contributed by atoms with E-state index in [1.165, 1.54) is 5.56 Å². The zero-order valence-corrected chi connectivity index (χ0v) is 16.1. The quantitative estimate of drug-likeness (QED) is 0.647. The molecule has 0 fully saturated rings.